The number of rotatable bonds is 7. The smallest absolute Gasteiger partial charge is 0.220 e. The molecule has 1 heterocycles. The molecule has 18 heavy (non-hydrogen) atoms. The van der Waals surface area contributed by atoms with Crippen LogP contribution in [0.25, 0.3) is 0 Å². The quantitative estimate of drug-likeness (QED) is 0.783. The van der Waals surface area contributed by atoms with E-state index in [4.69, 9.17) is 10.2 Å². The summed E-state index contributed by atoms with van der Waals surface area (Å²) >= 11 is 0. The van der Waals surface area contributed by atoms with E-state index >= 15 is 0 Å². The minimum atomic E-state index is -0.0926. The molecule has 0 saturated carbocycles. The SMILES string of the molecule is CC(C)C[C@H](CN)CC(=O)N[C@H](C)c1ccco1. The summed E-state index contributed by atoms with van der Waals surface area (Å²) < 4.78 is 5.25. The molecule has 0 aliphatic heterocycles. The molecule has 0 spiro atoms. The highest BCUT2D eigenvalue weighted by Gasteiger charge is 2.17. The van der Waals surface area contributed by atoms with Gasteiger partial charge in [-0.2, -0.15) is 0 Å². The van der Waals surface area contributed by atoms with Gasteiger partial charge in [0.25, 0.3) is 0 Å². The molecule has 0 bridgehead atoms. The summed E-state index contributed by atoms with van der Waals surface area (Å²) in [5.74, 6) is 1.63. The summed E-state index contributed by atoms with van der Waals surface area (Å²) in [7, 11) is 0. The molecule has 0 unspecified atom stereocenters. The van der Waals surface area contributed by atoms with E-state index in [0.29, 0.717) is 18.9 Å². The predicted molar refractivity (Wildman–Crippen MR) is 71.9 cm³/mol. The lowest BCUT2D eigenvalue weighted by Crippen LogP contribution is -2.30. The monoisotopic (exact) mass is 252 g/mol. The molecule has 1 aromatic rings. The minimum Gasteiger partial charge on any atom is -0.467 e. The molecule has 102 valence electrons. The van der Waals surface area contributed by atoms with Crippen molar-refractivity contribution < 1.29 is 9.21 Å². The van der Waals surface area contributed by atoms with Gasteiger partial charge in [-0.3, -0.25) is 4.79 Å². The Kier molecular flexibility index (Phi) is 5.92. The lowest BCUT2D eigenvalue weighted by atomic mass is 9.94. The number of carbonyl (C=O) groups is 1. The number of nitrogens with two attached hydrogens (primary N) is 1. The zero-order chi connectivity index (χ0) is 13.5. The fourth-order valence-electron chi connectivity index (χ4n) is 2.10. The third-order valence-electron chi connectivity index (χ3n) is 2.96. The predicted octanol–water partition coefficient (Wildman–Crippen LogP) is 2.47. The second-order valence-electron chi connectivity index (χ2n) is 5.24. The Bertz CT molecular complexity index is 347. The second kappa shape index (κ2) is 7.21. The van der Waals surface area contributed by atoms with Crippen LogP contribution in [0.4, 0.5) is 0 Å². The van der Waals surface area contributed by atoms with Crippen LogP contribution in [-0.2, 0) is 4.79 Å². The number of nitrogens with one attached hydrogen (secondary N) is 1. The molecular formula is C14H24N2O2. The molecule has 0 radical (unpaired) electrons. The van der Waals surface area contributed by atoms with E-state index < -0.39 is 0 Å². The highest BCUT2D eigenvalue weighted by atomic mass is 16.3. The van der Waals surface area contributed by atoms with Gasteiger partial charge in [0, 0.05) is 6.42 Å². The molecule has 3 N–H and O–H groups in total. The first-order valence-corrected chi connectivity index (χ1v) is 6.55. The van der Waals surface area contributed by atoms with Gasteiger partial charge < -0.3 is 15.5 Å². The minimum absolute atomic E-state index is 0.0370. The lowest BCUT2D eigenvalue weighted by Gasteiger charge is -2.18. The Morgan fingerprint density at radius 3 is 2.67 bits per heavy atom. The zero-order valence-electron chi connectivity index (χ0n) is 11.5. The molecule has 2 atom stereocenters. The van der Waals surface area contributed by atoms with Crippen LogP contribution in [0.15, 0.2) is 22.8 Å². The van der Waals surface area contributed by atoms with Gasteiger partial charge in [-0.25, -0.2) is 0 Å². The fraction of sp³-hybridized carbons (Fsp3) is 0.643. The van der Waals surface area contributed by atoms with Crippen LogP contribution in [0.2, 0.25) is 0 Å². The van der Waals surface area contributed by atoms with Gasteiger partial charge in [0.15, 0.2) is 0 Å². The number of hydrogen-bond donors (Lipinski definition) is 2. The molecule has 1 aromatic heterocycles. The molecule has 0 aliphatic carbocycles. The first-order valence-electron chi connectivity index (χ1n) is 6.55. The summed E-state index contributed by atoms with van der Waals surface area (Å²) in [5, 5.41) is 2.93. The van der Waals surface area contributed by atoms with E-state index in [0.717, 1.165) is 12.2 Å². The van der Waals surface area contributed by atoms with Crippen molar-refractivity contribution in [2.24, 2.45) is 17.6 Å². The van der Waals surface area contributed by atoms with Crippen molar-refractivity contribution in [3.8, 4) is 0 Å². The third kappa shape index (κ3) is 4.92. The Balaban J connectivity index is 2.40. The number of furan rings is 1. The molecular weight excluding hydrogens is 228 g/mol. The highest BCUT2D eigenvalue weighted by molar-refractivity contribution is 5.76. The van der Waals surface area contributed by atoms with Crippen LogP contribution in [0.1, 0.15) is 45.4 Å². The molecule has 0 saturated heterocycles. The molecule has 1 amide bonds. The van der Waals surface area contributed by atoms with Crippen molar-refractivity contribution in [2.45, 2.75) is 39.7 Å². The third-order valence-corrected chi connectivity index (χ3v) is 2.96. The molecule has 4 nitrogen and oxygen atoms in total. The average Bonchev–Trinajstić information content (AvgIpc) is 2.80. The normalized spacial score (nSPS) is 14.5. The van der Waals surface area contributed by atoms with Crippen LogP contribution in [0.5, 0.6) is 0 Å². The van der Waals surface area contributed by atoms with Crippen molar-refractivity contribution in [3.05, 3.63) is 24.2 Å². The largest absolute Gasteiger partial charge is 0.467 e. The average molecular weight is 252 g/mol. The summed E-state index contributed by atoms with van der Waals surface area (Å²) in [6.07, 6.45) is 3.08. The van der Waals surface area contributed by atoms with Gasteiger partial charge in [0.1, 0.15) is 5.76 Å². The topological polar surface area (TPSA) is 68.3 Å². The molecule has 0 aromatic carbocycles. The van der Waals surface area contributed by atoms with E-state index in [1.807, 2.05) is 19.1 Å². The van der Waals surface area contributed by atoms with Gasteiger partial charge in [0.05, 0.1) is 12.3 Å². The van der Waals surface area contributed by atoms with E-state index in [-0.39, 0.29) is 17.9 Å². The molecule has 1 rings (SSSR count). The van der Waals surface area contributed by atoms with Crippen LogP contribution >= 0.6 is 0 Å². The lowest BCUT2D eigenvalue weighted by molar-refractivity contribution is -0.122. The van der Waals surface area contributed by atoms with Gasteiger partial charge in [0.2, 0.25) is 5.91 Å². The van der Waals surface area contributed by atoms with Crippen LogP contribution < -0.4 is 11.1 Å². The highest BCUT2D eigenvalue weighted by Crippen LogP contribution is 2.16. The maximum Gasteiger partial charge on any atom is 0.220 e. The summed E-state index contributed by atoms with van der Waals surface area (Å²) in [6.45, 7) is 6.76. The van der Waals surface area contributed by atoms with Gasteiger partial charge >= 0.3 is 0 Å². The first kappa shape index (κ1) is 14.8. The van der Waals surface area contributed by atoms with Crippen LogP contribution in [0, 0.1) is 11.8 Å². The van der Waals surface area contributed by atoms with Gasteiger partial charge in [-0.05, 0) is 43.9 Å². The zero-order valence-corrected chi connectivity index (χ0v) is 11.5. The number of hydrogen-bond acceptors (Lipinski definition) is 3. The van der Waals surface area contributed by atoms with Crippen molar-refractivity contribution in [2.75, 3.05) is 6.54 Å². The Hall–Kier alpha value is -1.29. The number of amides is 1. The van der Waals surface area contributed by atoms with E-state index in [1.165, 1.54) is 0 Å². The molecule has 4 heteroatoms. The molecule has 0 aliphatic rings. The van der Waals surface area contributed by atoms with Crippen LogP contribution in [-0.4, -0.2) is 12.5 Å². The van der Waals surface area contributed by atoms with Gasteiger partial charge in [-0.15, -0.1) is 0 Å². The van der Waals surface area contributed by atoms with Crippen molar-refractivity contribution >= 4 is 5.91 Å². The van der Waals surface area contributed by atoms with Crippen LogP contribution in [0.3, 0.4) is 0 Å². The standard InChI is InChI=1S/C14H24N2O2/c1-10(2)7-12(9-15)8-14(17)16-11(3)13-5-4-6-18-13/h4-6,10-12H,7-9,15H2,1-3H3,(H,16,17)/t11-,12+/m1/s1. The van der Waals surface area contributed by atoms with E-state index in [1.54, 1.807) is 6.26 Å². The summed E-state index contributed by atoms with van der Waals surface area (Å²) in [4.78, 5) is 11.9. The maximum absolute atomic E-state index is 11.9. The Labute approximate surface area is 109 Å². The van der Waals surface area contributed by atoms with Crippen molar-refractivity contribution in [1.29, 1.82) is 0 Å². The Morgan fingerprint density at radius 2 is 2.17 bits per heavy atom. The van der Waals surface area contributed by atoms with E-state index in [2.05, 4.69) is 19.2 Å². The first-order chi connectivity index (χ1) is 8.52. The maximum atomic E-state index is 11.9. The van der Waals surface area contributed by atoms with Crippen molar-refractivity contribution in [1.82, 2.24) is 5.32 Å². The Morgan fingerprint density at radius 1 is 1.44 bits per heavy atom. The number of carbonyl (C=O) groups excluding carboxylic acids is 1. The molecule has 0 fully saturated rings. The van der Waals surface area contributed by atoms with Crippen molar-refractivity contribution in [3.63, 3.8) is 0 Å². The van der Waals surface area contributed by atoms with Gasteiger partial charge in [-0.1, -0.05) is 13.8 Å². The fourth-order valence-corrected chi connectivity index (χ4v) is 2.10. The van der Waals surface area contributed by atoms with E-state index in [9.17, 15) is 4.79 Å². The summed E-state index contributed by atoms with van der Waals surface area (Å²) in [5.41, 5.74) is 5.70. The summed E-state index contributed by atoms with van der Waals surface area (Å²) in [6, 6.07) is 3.59. The second-order valence-corrected chi connectivity index (χ2v) is 5.24.